The van der Waals surface area contributed by atoms with E-state index in [0.29, 0.717) is 6.07 Å². The summed E-state index contributed by atoms with van der Waals surface area (Å²) in [5.74, 6) is -2.40. The molecular formula is C13H15F3N2O3. The van der Waals surface area contributed by atoms with Gasteiger partial charge in [0.25, 0.3) is 0 Å². The fourth-order valence-corrected chi connectivity index (χ4v) is 1.66. The number of carboxylic acid groups (broad SMARTS) is 1. The molecular weight excluding hydrogens is 289 g/mol. The molecule has 5 nitrogen and oxygen atoms in total. The Morgan fingerprint density at radius 3 is 2.14 bits per heavy atom. The smallest absolute Gasteiger partial charge is 0.417 e. The standard InChI is InChI=1S/C13H15F3N2O3/c1-12(2,11(20)21)18(3)7-4-5-8(10(17)19)9(6-7)13(14,15)16/h4-6H,1-3H3,(H2,17,19)(H,20,21). The lowest BCUT2D eigenvalue weighted by Gasteiger charge is -2.34. The van der Waals surface area contributed by atoms with Crippen molar-refractivity contribution in [3.05, 3.63) is 29.3 Å². The second kappa shape index (κ2) is 5.27. The first-order chi connectivity index (χ1) is 9.39. The lowest BCUT2D eigenvalue weighted by molar-refractivity contribution is -0.142. The van der Waals surface area contributed by atoms with E-state index in [1.165, 1.54) is 31.9 Å². The minimum absolute atomic E-state index is 0.0136. The summed E-state index contributed by atoms with van der Waals surface area (Å²) in [6, 6.07) is 2.87. The predicted molar refractivity (Wildman–Crippen MR) is 70.1 cm³/mol. The van der Waals surface area contributed by atoms with Crippen molar-refractivity contribution >= 4 is 17.6 Å². The number of hydrogen-bond acceptors (Lipinski definition) is 3. The summed E-state index contributed by atoms with van der Waals surface area (Å²) >= 11 is 0. The molecule has 0 aromatic heterocycles. The van der Waals surface area contributed by atoms with E-state index in [9.17, 15) is 22.8 Å². The van der Waals surface area contributed by atoms with Gasteiger partial charge in [-0.15, -0.1) is 0 Å². The van der Waals surface area contributed by atoms with Crippen LogP contribution in [0.5, 0.6) is 0 Å². The number of primary amides is 1. The summed E-state index contributed by atoms with van der Waals surface area (Å²) in [4.78, 5) is 23.4. The number of hydrogen-bond donors (Lipinski definition) is 2. The number of nitrogens with zero attached hydrogens (tertiary/aromatic N) is 1. The number of rotatable bonds is 4. The molecule has 0 aliphatic rings. The molecule has 0 aliphatic carbocycles. The van der Waals surface area contributed by atoms with Gasteiger partial charge in [-0.05, 0) is 32.0 Å². The Kier molecular flexibility index (Phi) is 4.21. The molecule has 8 heteroatoms. The first kappa shape index (κ1) is 16.8. The van der Waals surface area contributed by atoms with Crippen LogP contribution < -0.4 is 10.6 Å². The van der Waals surface area contributed by atoms with Crippen molar-refractivity contribution in [1.82, 2.24) is 0 Å². The number of aliphatic carboxylic acids is 1. The van der Waals surface area contributed by atoms with Crippen LogP contribution in [-0.2, 0) is 11.0 Å². The van der Waals surface area contributed by atoms with Gasteiger partial charge in [0.1, 0.15) is 5.54 Å². The molecule has 0 saturated carbocycles. The Hall–Kier alpha value is -2.25. The second-order valence-corrected chi connectivity index (χ2v) is 5.02. The highest BCUT2D eigenvalue weighted by molar-refractivity contribution is 5.95. The lowest BCUT2D eigenvalue weighted by atomic mass is 10.00. The van der Waals surface area contributed by atoms with Crippen molar-refractivity contribution in [3.8, 4) is 0 Å². The molecule has 21 heavy (non-hydrogen) atoms. The number of benzene rings is 1. The maximum Gasteiger partial charge on any atom is 0.417 e. The molecule has 3 N–H and O–H groups in total. The van der Waals surface area contributed by atoms with Gasteiger partial charge in [0, 0.05) is 12.7 Å². The fraction of sp³-hybridized carbons (Fsp3) is 0.385. The van der Waals surface area contributed by atoms with Gasteiger partial charge in [-0.1, -0.05) is 0 Å². The van der Waals surface area contributed by atoms with Gasteiger partial charge in [0.05, 0.1) is 11.1 Å². The van der Waals surface area contributed by atoms with Crippen molar-refractivity contribution < 1.29 is 27.9 Å². The molecule has 0 unspecified atom stereocenters. The molecule has 0 atom stereocenters. The summed E-state index contributed by atoms with van der Waals surface area (Å²) in [6.07, 6.45) is -4.77. The van der Waals surface area contributed by atoms with E-state index in [1.807, 2.05) is 0 Å². The van der Waals surface area contributed by atoms with E-state index in [1.54, 1.807) is 0 Å². The van der Waals surface area contributed by atoms with Crippen LogP contribution in [0.4, 0.5) is 18.9 Å². The third kappa shape index (κ3) is 3.26. The Labute approximate surface area is 119 Å². The molecule has 1 rings (SSSR count). The number of likely N-dealkylation sites (N-methyl/N-ethyl adjacent to an activating group) is 1. The number of carbonyl (C=O) groups is 2. The van der Waals surface area contributed by atoms with E-state index >= 15 is 0 Å². The Balaban J connectivity index is 3.42. The number of carboxylic acids is 1. The second-order valence-electron chi connectivity index (χ2n) is 5.02. The lowest BCUT2D eigenvalue weighted by Crippen LogP contribution is -2.48. The van der Waals surface area contributed by atoms with Crippen molar-refractivity contribution in [3.63, 3.8) is 0 Å². The summed E-state index contributed by atoms with van der Waals surface area (Å²) in [7, 11) is 1.35. The van der Waals surface area contributed by atoms with Crippen LogP contribution >= 0.6 is 0 Å². The van der Waals surface area contributed by atoms with Crippen LogP contribution in [0.15, 0.2) is 18.2 Å². The normalized spacial score (nSPS) is 12.1. The zero-order valence-corrected chi connectivity index (χ0v) is 11.7. The summed E-state index contributed by atoms with van der Waals surface area (Å²) < 4.78 is 38.9. The highest BCUT2D eigenvalue weighted by atomic mass is 19.4. The molecule has 0 radical (unpaired) electrons. The topological polar surface area (TPSA) is 83.6 Å². The number of anilines is 1. The van der Waals surface area contributed by atoms with Crippen molar-refractivity contribution in [2.75, 3.05) is 11.9 Å². The summed E-state index contributed by atoms with van der Waals surface area (Å²) in [5, 5.41) is 9.11. The fourth-order valence-electron chi connectivity index (χ4n) is 1.66. The monoisotopic (exact) mass is 304 g/mol. The van der Waals surface area contributed by atoms with Gasteiger partial charge in [-0.3, -0.25) is 4.79 Å². The van der Waals surface area contributed by atoms with Crippen LogP contribution in [0.25, 0.3) is 0 Å². The maximum absolute atomic E-state index is 13.0. The Morgan fingerprint density at radius 1 is 1.24 bits per heavy atom. The van der Waals surface area contributed by atoms with E-state index < -0.39 is 34.7 Å². The quantitative estimate of drug-likeness (QED) is 0.892. The van der Waals surface area contributed by atoms with Gasteiger partial charge in [0.2, 0.25) is 5.91 Å². The van der Waals surface area contributed by atoms with Gasteiger partial charge >= 0.3 is 12.1 Å². The first-order valence-electron chi connectivity index (χ1n) is 5.87. The average molecular weight is 304 g/mol. The summed E-state index contributed by atoms with van der Waals surface area (Å²) in [6.45, 7) is 2.70. The van der Waals surface area contributed by atoms with E-state index in [-0.39, 0.29) is 5.69 Å². The molecule has 116 valence electrons. The highest BCUT2D eigenvalue weighted by Crippen LogP contribution is 2.35. The maximum atomic E-state index is 13.0. The van der Waals surface area contributed by atoms with Crippen LogP contribution in [0.2, 0.25) is 0 Å². The molecule has 1 aromatic rings. The Morgan fingerprint density at radius 2 is 1.76 bits per heavy atom. The third-order valence-corrected chi connectivity index (χ3v) is 3.32. The van der Waals surface area contributed by atoms with Gasteiger partial charge in [0.15, 0.2) is 0 Å². The van der Waals surface area contributed by atoms with Crippen molar-refractivity contribution in [1.29, 1.82) is 0 Å². The third-order valence-electron chi connectivity index (χ3n) is 3.32. The molecule has 0 fully saturated rings. The van der Waals surface area contributed by atoms with Gasteiger partial charge in [-0.25, -0.2) is 4.79 Å². The molecule has 0 spiro atoms. The largest absolute Gasteiger partial charge is 0.480 e. The van der Waals surface area contributed by atoms with E-state index in [0.717, 1.165) is 6.07 Å². The molecule has 0 saturated heterocycles. The number of nitrogens with two attached hydrogens (primary N) is 1. The van der Waals surface area contributed by atoms with E-state index in [4.69, 9.17) is 10.8 Å². The number of amides is 1. The van der Waals surface area contributed by atoms with Gasteiger partial charge in [-0.2, -0.15) is 13.2 Å². The number of alkyl halides is 3. The minimum atomic E-state index is -4.77. The Bertz CT molecular complexity index is 583. The minimum Gasteiger partial charge on any atom is -0.480 e. The highest BCUT2D eigenvalue weighted by Gasteiger charge is 2.37. The summed E-state index contributed by atoms with van der Waals surface area (Å²) in [5.41, 5.74) is 1.67. The van der Waals surface area contributed by atoms with Crippen molar-refractivity contribution in [2.24, 2.45) is 5.73 Å². The van der Waals surface area contributed by atoms with Crippen LogP contribution in [-0.4, -0.2) is 29.6 Å². The predicted octanol–water partition coefficient (Wildman–Crippen LogP) is 2.10. The zero-order valence-electron chi connectivity index (χ0n) is 11.7. The molecule has 1 amide bonds. The van der Waals surface area contributed by atoms with Gasteiger partial charge < -0.3 is 15.7 Å². The zero-order chi connectivity index (χ0) is 16.6. The molecule has 0 heterocycles. The number of carbonyl (C=O) groups excluding carboxylic acids is 1. The van der Waals surface area contributed by atoms with Crippen LogP contribution in [0.1, 0.15) is 29.8 Å². The van der Waals surface area contributed by atoms with Crippen molar-refractivity contribution in [2.45, 2.75) is 25.6 Å². The first-order valence-corrected chi connectivity index (χ1v) is 5.87. The SMILES string of the molecule is CN(c1ccc(C(N)=O)c(C(F)(F)F)c1)C(C)(C)C(=O)O. The van der Waals surface area contributed by atoms with E-state index in [2.05, 4.69) is 0 Å². The molecule has 0 bridgehead atoms. The van der Waals surface area contributed by atoms with Crippen LogP contribution in [0, 0.1) is 0 Å². The molecule has 0 aliphatic heterocycles. The van der Waals surface area contributed by atoms with Crippen LogP contribution in [0.3, 0.4) is 0 Å². The molecule has 1 aromatic carbocycles. The number of halogens is 3. The average Bonchev–Trinajstić information content (AvgIpc) is 2.35.